The first-order chi connectivity index (χ1) is 4.18. The molecule has 1 atom stereocenters. The molecular weight excluding hydrogens is 130 g/mol. The van der Waals surface area contributed by atoms with Crippen LogP contribution in [-0.2, 0) is 4.74 Å². The van der Waals surface area contributed by atoms with Crippen LogP contribution in [0.3, 0.4) is 0 Å². The monoisotopic (exact) mass is 140 g/mol. The molecule has 0 spiro atoms. The van der Waals surface area contributed by atoms with Crippen molar-refractivity contribution in [2.75, 3.05) is 13.2 Å². The van der Waals surface area contributed by atoms with E-state index >= 15 is 0 Å². The predicted molar refractivity (Wildman–Crippen MR) is 28.5 cm³/mol. The Morgan fingerprint density at radius 2 is 2.11 bits per heavy atom. The number of aliphatic hydroxyl groups excluding tert-OH is 1. The minimum atomic E-state index is -2.70. The van der Waals surface area contributed by atoms with Gasteiger partial charge in [0, 0.05) is 6.61 Å². The third-order valence-electron chi connectivity index (χ3n) is 0.784. The topological polar surface area (TPSA) is 29.5 Å². The standard InChI is InChI=1S/C5H10F2O2/c1-2-9-3-4(8)5(6)7/h4-5,8H,2-3H2,1H3/t4-/m1/s1. The van der Waals surface area contributed by atoms with E-state index in [2.05, 4.69) is 4.74 Å². The first-order valence-corrected chi connectivity index (χ1v) is 2.72. The Balaban J connectivity index is 3.16. The Labute approximate surface area is 52.4 Å². The van der Waals surface area contributed by atoms with Crippen molar-refractivity contribution >= 4 is 0 Å². The van der Waals surface area contributed by atoms with E-state index in [0.717, 1.165) is 0 Å². The van der Waals surface area contributed by atoms with E-state index in [4.69, 9.17) is 5.11 Å². The second-order valence-corrected chi connectivity index (χ2v) is 1.56. The van der Waals surface area contributed by atoms with Gasteiger partial charge in [0.15, 0.2) is 0 Å². The molecule has 9 heavy (non-hydrogen) atoms. The minimum Gasteiger partial charge on any atom is -0.385 e. The van der Waals surface area contributed by atoms with Crippen LogP contribution in [0.5, 0.6) is 0 Å². The molecule has 4 heteroatoms. The molecule has 1 N–H and O–H groups in total. The summed E-state index contributed by atoms with van der Waals surface area (Å²) in [4.78, 5) is 0. The number of rotatable bonds is 4. The summed E-state index contributed by atoms with van der Waals surface area (Å²) in [6, 6.07) is 0. The molecular formula is C5H10F2O2. The van der Waals surface area contributed by atoms with Gasteiger partial charge in [0.05, 0.1) is 6.61 Å². The maximum absolute atomic E-state index is 11.4. The van der Waals surface area contributed by atoms with Gasteiger partial charge in [-0.05, 0) is 6.92 Å². The average Bonchev–Trinajstić information content (AvgIpc) is 1.82. The lowest BCUT2D eigenvalue weighted by Gasteiger charge is -2.07. The van der Waals surface area contributed by atoms with Crippen molar-refractivity contribution in [3.63, 3.8) is 0 Å². The Morgan fingerprint density at radius 3 is 2.44 bits per heavy atom. The minimum absolute atomic E-state index is 0.284. The number of hydrogen-bond donors (Lipinski definition) is 1. The van der Waals surface area contributed by atoms with Gasteiger partial charge in [0.2, 0.25) is 0 Å². The number of halogens is 2. The van der Waals surface area contributed by atoms with Gasteiger partial charge in [-0.3, -0.25) is 0 Å². The highest BCUT2D eigenvalue weighted by Gasteiger charge is 2.15. The van der Waals surface area contributed by atoms with Gasteiger partial charge in [-0.25, -0.2) is 8.78 Å². The lowest BCUT2D eigenvalue weighted by molar-refractivity contribution is -0.0523. The van der Waals surface area contributed by atoms with E-state index in [1.54, 1.807) is 6.92 Å². The molecule has 0 unspecified atom stereocenters. The fourth-order valence-electron chi connectivity index (χ4n) is 0.311. The van der Waals surface area contributed by atoms with Crippen LogP contribution >= 0.6 is 0 Å². The highest BCUT2D eigenvalue weighted by atomic mass is 19.3. The highest BCUT2D eigenvalue weighted by molar-refractivity contribution is 4.54. The molecule has 0 radical (unpaired) electrons. The summed E-state index contributed by atoms with van der Waals surface area (Å²) in [7, 11) is 0. The van der Waals surface area contributed by atoms with Gasteiger partial charge in [0.25, 0.3) is 6.43 Å². The maximum Gasteiger partial charge on any atom is 0.266 e. The van der Waals surface area contributed by atoms with E-state index in [1.807, 2.05) is 0 Å². The molecule has 0 aromatic heterocycles. The van der Waals surface area contributed by atoms with Crippen LogP contribution in [0.15, 0.2) is 0 Å². The normalized spacial score (nSPS) is 14.3. The van der Waals surface area contributed by atoms with E-state index in [-0.39, 0.29) is 6.61 Å². The van der Waals surface area contributed by atoms with Crippen LogP contribution < -0.4 is 0 Å². The summed E-state index contributed by atoms with van der Waals surface area (Å²) in [5.41, 5.74) is 0. The summed E-state index contributed by atoms with van der Waals surface area (Å²) in [6.45, 7) is 1.75. The molecule has 2 nitrogen and oxygen atoms in total. The summed E-state index contributed by atoms with van der Waals surface area (Å²) in [6.07, 6.45) is -4.33. The predicted octanol–water partition coefficient (Wildman–Crippen LogP) is 0.649. The first-order valence-electron chi connectivity index (χ1n) is 2.72. The van der Waals surface area contributed by atoms with E-state index in [9.17, 15) is 8.78 Å². The first kappa shape index (κ1) is 8.78. The molecule has 0 fully saturated rings. The molecule has 0 heterocycles. The van der Waals surface area contributed by atoms with Crippen molar-refractivity contribution in [2.45, 2.75) is 19.5 Å². The molecule has 0 aliphatic heterocycles. The summed E-state index contributed by atoms with van der Waals surface area (Å²) in [5.74, 6) is 0. The summed E-state index contributed by atoms with van der Waals surface area (Å²) < 4.78 is 27.4. The summed E-state index contributed by atoms with van der Waals surface area (Å²) >= 11 is 0. The molecule has 0 saturated heterocycles. The lowest BCUT2D eigenvalue weighted by Crippen LogP contribution is -2.23. The average molecular weight is 140 g/mol. The van der Waals surface area contributed by atoms with E-state index in [0.29, 0.717) is 6.61 Å². The molecule has 0 aromatic rings. The maximum atomic E-state index is 11.4. The van der Waals surface area contributed by atoms with Crippen molar-refractivity contribution in [1.82, 2.24) is 0 Å². The quantitative estimate of drug-likeness (QED) is 0.621. The van der Waals surface area contributed by atoms with Gasteiger partial charge in [-0.2, -0.15) is 0 Å². The smallest absolute Gasteiger partial charge is 0.266 e. The van der Waals surface area contributed by atoms with Gasteiger partial charge in [0.1, 0.15) is 6.10 Å². The van der Waals surface area contributed by atoms with Crippen LogP contribution in [0.1, 0.15) is 6.92 Å². The molecule has 0 rings (SSSR count). The molecule has 0 amide bonds. The second-order valence-electron chi connectivity index (χ2n) is 1.56. The fraction of sp³-hybridized carbons (Fsp3) is 1.00. The van der Waals surface area contributed by atoms with Gasteiger partial charge >= 0.3 is 0 Å². The number of hydrogen-bond acceptors (Lipinski definition) is 2. The number of ether oxygens (including phenoxy) is 1. The van der Waals surface area contributed by atoms with Crippen LogP contribution in [0.4, 0.5) is 8.78 Å². The van der Waals surface area contributed by atoms with Gasteiger partial charge < -0.3 is 9.84 Å². The Morgan fingerprint density at radius 1 is 1.56 bits per heavy atom. The van der Waals surface area contributed by atoms with Crippen molar-refractivity contribution in [3.05, 3.63) is 0 Å². The van der Waals surface area contributed by atoms with E-state index in [1.165, 1.54) is 0 Å². The Kier molecular flexibility index (Phi) is 4.53. The molecule has 56 valence electrons. The number of aliphatic hydroxyl groups is 1. The molecule has 0 saturated carbocycles. The second kappa shape index (κ2) is 4.64. The van der Waals surface area contributed by atoms with Gasteiger partial charge in [-0.15, -0.1) is 0 Å². The van der Waals surface area contributed by atoms with Gasteiger partial charge in [-0.1, -0.05) is 0 Å². The van der Waals surface area contributed by atoms with Crippen molar-refractivity contribution in [1.29, 1.82) is 0 Å². The lowest BCUT2D eigenvalue weighted by atomic mass is 10.4. The van der Waals surface area contributed by atoms with Crippen LogP contribution in [0.2, 0.25) is 0 Å². The van der Waals surface area contributed by atoms with Crippen molar-refractivity contribution < 1.29 is 18.6 Å². The molecule has 0 bridgehead atoms. The van der Waals surface area contributed by atoms with Crippen molar-refractivity contribution in [3.8, 4) is 0 Å². The van der Waals surface area contributed by atoms with Crippen molar-refractivity contribution in [2.24, 2.45) is 0 Å². The SMILES string of the molecule is CCOC[C@@H](O)C(F)F. The zero-order chi connectivity index (χ0) is 7.28. The Bertz CT molecular complexity index is 68.0. The molecule has 0 aliphatic rings. The van der Waals surface area contributed by atoms with E-state index < -0.39 is 12.5 Å². The zero-order valence-corrected chi connectivity index (χ0v) is 5.18. The van der Waals surface area contributed by atoms with Crippen LogP contribution in [0, 0.1) is 0 Å². The molecule has 0 aliphatic carbocycles. The third kappa shape index (κ3) is 4.29. The highest BCUT2D eigenvalue weighted by Crippen LogP contribution is 1.99. The van der Waals surface area contributed by atoms with Crippen LogP contribution in [0.25, 0.3) is 0 Å². The fourth-order valence-corrected chi connectivity index (χ4v) is 0.311. The largest absolute Gasteiger partial charge is 0.385 e. The third-order valence-corrected chi connectivity index (χ3v) is 0.784. The number of alkyl halides is 2. The zero-order valence-electron chi connectivity index (χ0n) is 5.18. The van der Waals surface area contributed by atoms with Crippen LogP contribution in [-0.4, -0.2) is 30.8 Å². The Hall–Kier alpha value is -0.220. The summed E-state index contributed by atoms with van der Waals surface area (Å²) in [5, 5.41) is 8.38. The molecule has 0 aromatic carbocycles.